The van der Waals surface area contributed by atoms with E-state index in [1.54, 1.807) is 0 Å². The average molecular weight is 236 g/mol. The molecule has 4 heteroatoms. The van der Waals surface area contributed by atoms with E-state index in [2.05, 4.69) is 26.0 Å². The Morgan fingerprint density at radius 3 is 3.00 bits per heavy atom. The Hall–Kier alpha value is -0.870. The molecule has 96 valence electrons. The van der Waals surface area contributed by atoms with Crippen LogP contribution < -0.4 is 5.32 Å². The van der Waals surface area contributed by atoms with Gasteiger partial charge in [-0.25, -0.2) is 4.98 Å². The molecule has 4 nitrogen and oxygen atoms in total. The van der Waals surface area contributed by atoms with Crippen molar-refractivity contribution in [1.82, 2.24) is 19.8 Å². The Labute approximate surface area is 104 Å². The monoisotopic (exact) mass is 236 g/mol. The van der Waals surface area contributed by atoms with Gasteiger partial charge in [0.15, 0.2) is 0 Å². The molecule has 2 heterocycles. The molecular weight excluding hydrogens is 212 g/mol. The highest BCUT2D eigenvalue weighted by atomic mass is 15.2. The molecule has 0 saturated heterocycles. The summed E-state index contributed by atoms with van der Waals surface area (Å²) in [4.78, 5) is 6.92. The van der Waals surface area contributed by atoms with Gasteiger partial charge in [0.1, 0.15) is 5.82 Å². The number of hydrogen-bond acceptors (Lipinski definition) is 3. The summed E-state index contributed by atoms with van der Waals surface area (Å²) in [6.07, 6.45) is 9.34. The lowest BCUT2D eigenvalue weighted by Crippen LogP contribution is -2.34. The van der Waals surface area contributed by atoms with E-state index in [4.69, 9.17) is 0 Å². The largest absolute Gasteiger partial charge is 0.333 e. The van der Waals surface area contributed by atoms with E-state index in [-0.39, 0.29) is 0 Å². The Morgan fingerprint density at radius 2 is 2.12 bits per heavy atom. The molecule has 0 aliphatic carbocycles. The summed E-state index contributed by atoms with van der Waals surface area (Å²) in [5.41, 5.74) is 0. The minimum absolute atomic E-state index is 1.03. The molecule has 0 aromatic carbocycles. The van der Waals surface area contributed by atoms with E-state index in [1.807, 2.05) is 13.2 Å². The maximum absolute atomic E-state index is 4.39. The van der Waals surface area contributed by atoms with Crippen molar-refractivity contribution in [2.24, 2.45) is 0 Å². The summed E-state index contributed by atoms with van der Waals surface area (Å²) in [5, 5.41) is 3.19. The van der Waals surface area contributed by atoms with Crippen LogP contribution in [0, 0.1) is 0 Å². The second-order valence-corrected chi connectivity index (χ2v) is 4.83. The smallest absolute Gasteiger partial charge is 0.122 e. The third-order valence-corrected chi connectivity index (χ3v) is 3.47. The minimum Gasteiger partial charge on any atom is -0.333 e. The van der Waals surface area contributed by atoms with Gasteiger partial charge >= 0.3 is 0 Å². The number of imidazole rings is 1. The summed E-state index contributed by atoms with van der Waals surface area (Å²) in [7, 11) is 2.02. The highest BCUT2D eigenvalue weighted by molar-refractivity contribution is 4.95. The zero-order valence-electron chi connectivity index (χ0n) is 10.9. The first-order chi connectivity index (χ1) is 8.40. The first kappa shape index (κ1) is 12.6. The normalized spacial score (nSPS) is 16.1. The molecule has 17 heavy (non-hydrogen) atoms. The van der Waals surface area contributed by atoms with Gasteiger partial charge in [-0.1, -0.05) is 12.8 Å². The second kappa shape index (κ2) is 6.77. The number of fused-ring (bicyclic) bond motifs is 1. The fraction of sp³-hybridized carbons (Fsp3) is 0.769. The number of nitrogens with one attached hydrogen (secondary N) is 1. The van der Waals surface area contributed by atoms with Crippen molar-refractivity contribution in [2.45, 2.75) is 38.8 Å². The van der Waals surface area contributed by atoms with Gasteiger partial charge in [-0.05, 0) is 33.0 Å². The zero-order valence-corrected chi connectivity index (χ0v) is 10.9. The van der Waals surface area contributed by atoms with Crippen molar-refractivity contribution in [1.29, 1.82) is 0 Å². The molecule has 0 amide bonds. The molecule has 0 saturated carbocycles. The molecule has 0 fully saturated rings. The van der Waals surface area contributed by atoms with Gasteiger partial charge in [0.25, 0.3) is 0 Å². The van der Waals surface area contributed by atoms with Crippen LogP contribution in [0.3, 0.4) is 0 Å². The highest BCUT2D eigenvalue weighted by Gasteiger charge is 2.15. The first-order valence-corrected chi connectivity index (χ1v) is 6.77. The maximum atomic E-state index is 4.39. The van der Waals surface area contributed by atoms with Crippen LogP contribution in [-0.2, 0) is 13.1 Å². The van der Waals surface area contributed by atoms with Crippen molar-refractivity contribution < 1.29 is 0 Å². The van der Waals surface area contributed by atoms with Gasteiger partial charge in [0.2, 0.25) is 0 Å². The number of hydrogen-bond donors (Lipinski definition) is 1. The topological polar surface area (TPSA) is 33.1 Å². The molecular formula is C13H24N4. The van der Waals surface area contributed by atoms with E-state index < -0.39 is 0 Å². The Morgan fingerprint density at radius 1 is 1.24 bits per heavy atom. The van der Waals surface area contributed by atoms with Crippen LogP contribution in [0.1, 0.15) is 31.5 Å². The van der Waals surface area contributed by atoms with E-state index in [9.17, 15) is 0 Å². The van der Waals surface area contributed by atoms with Crippen LogP contribution in [0.2, 0.25) is 0 Å². The van der Waals surface area contributed by atoms with Gasteiger partial charge in [-0.3, -0.25) is 4.90 Å². The van der Waals surface area contributed by atoms with Crippen molar-refractivity contribution >= 4 is 0 Å². The van der Waals surface area contributed by atoms with Crippen molar-refractivity contribution in [3.63, 3.8) is 0 Å². The van der Waals surface area contributed by atoms with E-state index >= 15 is 0 Å². The summed E-state index contributed by atoms with van der Waals surface area (Å²) in [6.45, 7) is 5.70. The summed E-state index contributed by atoms with van der Waals surface area (Å²) >= 11 is 0. The lowest BCUT2D eigenvalue weighted by Gasteiger charge is -2.27. The molecule has 0 radical (unpaired) electrons. The zero-order chi connectivity index (χ0) is 11.9. The van der Waals surface area contributed by atoms with Crippen LogP contribution in [-0.4, -0.2) is 41.1 Å². The van der Waals surface area contributed by atoms with Crippen LogP contribution >= 0.6 is 0 Å². The van der Waals surface area contributed by atoms with Crippen LogP contribution in [0.5, 0.6) is 0 Å². The van der Waals surface area contributed by atoms with Gasteiger partial charge in [-0.15, -0.1) is 0 Å². The van der Waals surface area contributed by atoms with Crippen molar-refractivity contribution in [3.8, 4) is 0 Å². The fourth-order valence-electron chi connectivity index (χ4n) is 2.41. The maximum Gasteiger partial charge on any atom is 0.122 e. The standard InChI is InChI=1S/C13H24N4/c1-14-6-4-2-3-5-8-16-10-11-17-9-7-15-13(17)12-16/h7,9,14H,2-6,8,10-12H2,1H3. The molecule has 1 aromatic rings. The quantitative estimate of drug-likeness (QED) is 0.728. The Kier molecular flexibility index (Phi) is 5.01. The minimum atomic E-state index is 1.03. The number of rotatable bonds is 7. The van der Waals surface area contributed by atoms with E-state index in [0.717, 1.165) is 19.6 Å². The average Bonchev–Trinajstić information content (AvgIpc) is 2.81. The number of aromatic nitrogens is 2. The van der Waals surface area contributed by atoms with Gasteiger partial charge < -0.3 is 9.88 Å². The third kappa shape index (κ3) is 3.82. The van der Waals surface area contributed by atoms with Crippen LogP contribution in [0.15, 0.2) is 12.4 Å². The number of nitrogens with zero attached hydrogens (tertiary/aromatic N) is 3. The predicted molar refractivity (Wildman–Crippen MR) is 69.9 cm³/mol. The Balaban J connectivity index is 1.59. The van der Waals surface area contributed by atoms with Gasteiger partial charge in [0.05, 0.1) is 6.54 Å². The highest BCUT2D eigenvalue weighted by Crippen LogP contribution is 2.11. The molecule has 0 atom stereocenters. The molecule has 0 bridgehead atoms. The van der Waals surface area contributed by atoms with Crippen molar-refractivity contribution in [3.05, 3.63) is 18.2 Å². The summed E-state index contributed by atoms with van der Waals surface area (Å²) < 4.78 is 2.27. The summed E-state index contributed by atoms with van der Waals surface area (Å²) in [5.74, 6) is 1.23. The first-order valence-electron chi connectivity index (χ1n) is 6.77. The number of unbranched alkanes of at least 4 members (excludes halogenated alkanes) is 3. The molecule has 2 rings (SSSR count). The van der Waals surface area contributed by atoms with E-state index in [0.29, 0.717) is 0 Å². The fourth-order valence-corrected chi connectivity index (χ4v) is 2.41. The summed E-state index contributed by atoms with van der Waals surface area (Å²) in [6, 6.07) is 0. The van der Waals surface area contributed by atoms with Gasteiger partial charge in [0, 0.05) is 25.5 Å². The van der Waals surface area contributed by atoms with E-state index in [1.165, 1.54) is 44.6 Å². The molecule has 1 aliphatic heterocycles. The molecule has 0 unspecified atom stereocenters. The molecule has 1 aliphatic rings. The van der Waals surface area contributed by atoms with Crippen LogP contribution in [0.25, 0.3) is 0 Å². The second-order valence-electron chi connectivity index (χ2n) is 4.83. The molecule has 0 spiro atoms. The van der Waals surface area contributed by atoms with Gasteiger partial charge in [-0.2, -0.15) is 0 Å². The lowest BCUT2D eigenvalue weighted by molar-refractivity contribution is 0.212. The SMILES string of the molecule is CNCCCCCCN1CCn2ccnc2C1. The predicted octanol–water partition coefficient (Wildman–Crippen LogP) is 1.48. The third-order valence-electron chi connectivity index (χ3n) is 3.47. The van der Waals surface area contributed by atoms with Crippen LogP contribution in [0.4, 0.5) is 0 Å². The molecule has 1 N–H and O–H groups in total. The van der Waals surface area contributed by atoms with Crippen molar-refractivity contribution in [2.75, 3.05) is 26.7 Å². The lowest BCUT2D eigenvalue weighted by atomic mass is 10.2. The Bertz CT molecular complexity index is 321. The molecule has 1 aromatic heterocycles.